The van der Waals surface area contributed by atoms with Crippen molar-refractivity contribution in [2.24, 2.45) is 0 Å². The van der Waals surface area contributed by atoms with Gasteiger partial charge < -0.3 is 15.1 Å². The van der Waals surface area contributed by atoms with Crippen LogP contribution in [0, 0.1) is 0 Å². The fourth-order valence-corrected chi connectivity index (χ4v) is 2.30. The predicted octanol–water partition coefficient (Wildman–Crippen LogP) is 1.83. The van der Waals surface area contributed by atoms with Crippen LogP contribution in [0.15, 0.2) is 12.1 Å². The monoisotopic (exact) mass is 264 g/mol. The van der Waals surface area contributed by atoms with Gasteiger partial charge in [-0.15, -0.1) is 0 Å². The Kier molecular flexibility index (Phi) is 4.11. The Balaban J connectivity index is 2.29. The van der Waals surface area contributed by atoms with Gasteiger partial charge in [-0.2, -0.15) is 0 Å². The van der Waals surface area contributed by atoms with Crippen molar-refractivity contribution in [2.45, 2.75) is 51.7 Å². The first kappa shape index (κ1) is 14.3. The van der Waals surface area contributed by atoms with Gasteiger partial charge >= 0.3 is 0 Å². The van der Waals surface area contributed by atoms with E-state index in [1.165, 1.54) is 0 Å². The van der Waals surface area contributed by atoms with E-state index in [1.807, 2.05) is 12.1 Å². The van der Waals surface area contributed by atoms with Gasteiger partial charge in [0.15, 0.2) is 0 Å². The Bertz CT molecular complexity index is 432. The number of rotatable bonds is 2. The zero-order valence-electron chi connectivity index (χ0n) is 12.1. The molecule has 0 radical (unpaired) electrons. The van der Waals surface area contributed by atoms with Crippen LogP contribution >= 0.6 is 0 Å². The molecule has 0 spiro atoms. The van der Waals surface area contributed by atoms with E-state index in [4.69, 9.17) is 4.98 Å². The molecule has 0 aliphatic carbocycles. The number of piperidine rings is 1. The minimum absolute atomic E-state index is 0.0325. The van der Waals surface area contributed by atoms with Gasteiger partial charge in [0.1, 0.15) is 5.82 Å². The van der Waals surface area contributed by atoms with Crippen molar-refractivity contribution in [3.05, 3.63) is 23.4 Å². The Morgan fingerprint density at radius 1 is 1.26 bits per heavy atom. The second kappa shape index (κ2) is 5.47. The SMILES string of the molecule is CC(C)(C)c1cc(CO)cc(N2CCC(O)CC2)n1. The van der Waals surface area contributed by atoms with Crippen LogP contribution in [0.5, 0.6) is 0 Å². The lowest BCUT2D eigenvalue weighted by atomic mass is 9.90. The van der Waals surface area contributed by atoms with Crippen LogP contribution in [0.3, 0.4) is 0 Å². The molecule has 19 heavy (non-hydrogen) atoms. The van der Waals surface area contributed by atoms with Crippen molar-refractivity contribution in [1.82, 2.24) is 4.98 Å². The van der Waals surface area contributed by atoms with Crippen LogP contribution in [0.2, 0.25) is 0 Å². The molecule has 106 valence electrons. The van der Waals surface area contributed by atoms with Gasteiger partial charge in [-0.3, -0.25) is 0 Å². The first-order chi connectivity index (χ1) is 8.90. The number of hydrogen-bond acceptors (Lipinski definition) is 4. The summed E-state index contributed by atoms with van der Waals surface area (Å²) in [6.07, 6.45) is 1.39. The quantitative estimate of drug-likeness (QED) is 0.855. The maximum Gasteiger partial charge on any atom is 0.129 e. The Morgan fingerprint density at radius 3 is 2.42 bits per heavy atom. The minimum Gasteiger partial charge on any atom is -0.393 e. The fourth-order valence-electron chi connectivity index (χ4n) is 2.30. The Labute approximate surface area is 115 Å². The highest BCUT2D eigenvalue weighted by atomic mass is 16.3. The molecule has 0 saturated carbocycles. The summed E-state index contributed by atoms with van der Waals surface area (Å²) < 4.78 is 0. The van der Waals surface area contributed by atoms with Gasteiger partial charge in [-0.05, 0) is 30.5 Å². The molecule has 2 heterocycles. The normalized spacial score (nSPS) is 17.8. The molecule has 0 atom stereocenters. The molecule has 4 heteroatoms. The van der Waals surface area contributed by atoms with Crippen LogP contribution in [0.1, 0.15) is 44.9 Å². The molecular formula is C15H24N2O2. The summed E-state index contributed by atoms with van der Waals surface area (Å²) in [5.74, 6) is 0.920. The molecule has 0 unspecified atom stereocenters. The molecule has 0 aromatic carbocycles. The van der Waals surface area contributed by atoms with E-state index in [9.17, 15) is 10.2 Å². The summed E-state index contributed by atoms with van der Waals surface area (Å²) in [6.45, 7) is 8.06. The zero-order chi connectivity index (χ0) is 14.0. The molecule has 0 amide bonds. The number of aliphatic hydroxyl groups excluding tert-OH is 2. The molecule has 1 aromatic rings. The maximum absolute atomic E-state index is 9.57. The molecule has 4 nitrogen and oxygen atoms in total. The van der Waals surface area contributed by atoms with E-state index in [0.717, 1.165) is 43.0 Å². The third-order valence-corrected chi connectivity index (χ3v) is 3.61. The summed E-state index contributed by atoms with van der Waals surface area (Å²) in [6, 6.07) is 3.93. The van der Waals surface area contributed by atoms with Crippen LogP contribution in [-0.4, -0.2) is 34.4 Å². The molecule has 1 aromatic heterocycles. The van der Waals surface area contributed by atoms with Gasteiger partial charge in [-0.1, -0.05) is 20.8 Å². The molecule has 1 aliphatic heterocycles. The van der Waals surface area contributed by atoms with Crippen molar-refractivity contribution >= 4 is 5.82 Å². The van der Waals surface area contributed by atoms with Crippen molar-refractivity contribution in [2.75, 3.05) is 18.0 Å². The van der Waals surface area contributed by atoms with Gasteiger partial charge in [0.2, 0.25) is 0 Å². The van der Waals surface area contributed by atoms with Crippen LogP contribution in [0.4, 0.5) is 5.82 Å². The number of aromatic nitrogens is 1. The van der Waals surface area contributed by atoms with Gasteiger partial charge in [-0.25, -0.2) is 4.98 Å². The van der Waals surface area contributed by atoms with E-state index in [0.29, 0.717) is 0 Å². The summed E-state index contributed by atoms with van der Waals surface area (Å²) in [7, 11) is 0. The van der Waals surface area contributed by atoms with E-state index in [2.05, 4.69) is 25.7 Å². The first-order valence-corrected chi connectivity index (χ1v) is 6.95. The fraction of sp³-hybridized carbons (Fsp3) is 0.667. The molecule has 1 aliphatic rings. The van der Waals surface area contributed by atoms with Gasteiger partial charge in [0.05, 0.1) is 12.7 Å². The first-order valence-electron chi connectivity index (χ1n) is 6.95. The summed E-state index contributed by atoms with van der Waals surface area (Å²) >= 11 is 0. The second-order valence-corrected chi connectivity index (χ2v) is 6.35. The summed E-state index contributed by atoms with van der Waals surface area (Å²) in [4.78, 5) is 6.93. The molecule has 1 saturated heterocycles. The second-order valence-electron chi connectivity index (χ2n) is 6.35. The molecule has 0 bridgehead atoms. The Hall–Kier alpha value is -1.13. The number of aliphatic hydroxyl groups is 2. The highest BCUT2D eigenvalue weighted by Crippen LogP contribution is 2.26. The van der Waals surface area contributed by atoms with E-state index in [1.54, 1.807) is 0 Å². The minimum atomic E-state index is -0.181. The van der Waals surface area contributed by atoms with E-state index < -0.39 is 0 Å². The van der Waals surface area contributed by atoms with E-state index >= 15 is 0 Å². The lowest BCUT2D eigenvalue weighted by Gasteiger charge is -2.32. The van der Waals surface area contributed by atoms with Crippen molar-refractivity contribution in [3.63, 3.8) is 0 Å². The lowest BCUT2D eigenvalue weighted by Crippen LogP contribution is -2.36. The predicted molar refractivity (Wildman–Crippen MR) is 76.3 cm³/mol. The largest absolute Gasteiger partial charge is 0.393 e. The maximum atomic E-state index is 9.57. The van der Waals surface area contributed by atoms with E-state index in [-0.39, 0.29) is 18.1 Å². The molecule has 2 rings (SSSR count). The van der Waals surface area contributed by atoms with Gasteiger partial charge in [0, 0.05) is 24.2 Å². The van der Waals surface area contributed by atoms with Crippen molar-refractivity contribution in [3.8, 4) is 0 Å². The number of pyridine rings is 1. The van der Waals surface area contributed by atoms with Crippen molar-refractivity contribution in [1.29, 1.82) is 0 Å². The number of hydrogen-bond donors (Lipinski definition) is 2. The number of nitrogens with zero attached hydrogens (tertiary/aromatic N) is 2. The molecule has 1 fully saturated rings. The Morgan fingerprint density at radius 2 is 1.89 bits per heavy atom. The molecule has 2 N–H and O–H groups in total. The third kappa shape index (κ3) is 3.45. The van der Waals surface area contributed by atoms with Crippen LogP contribution < -0.4 is 4.90 Å². The smallest absolute Gasteiger partial charge is 0.129 e. The van der Waals surface area contributed by atoms with Crippen molar-refractivity contribution < 1.29 is 10.2 Å². The lowest BCUT2D eigenvalue weighted by molar-refractivity contribution is 0.145. The number of anilines is 1. The highest BCUT2D eigenvalue weighted by molar-refractivity contribution is 5.44. The summed E-state index contributed by atoms with van der Waals surface area (Å²) in [5.41, 5.74) is 1.87. The highest BCUT2D eigenvalue weighted by Gasteiger charge is 2.22. The average Bonchev–Trinajstić information content (AvgIpc) is 2.38. The van der Waals surface area contributed by atoms with Crippen LogP contribution in [0.25, 0.3) is 0 Å². The standard InChI is InChI=1S/C15H24N2O2/c1-15(2,3)13-8-11(10-18)9-14(16-13)17-6-4-12(19)5-7-17/h8-9,12,18-19H,4-7,10H2,1-3H3. The topological polar surface area (TPSA) is 56.6 Å². The summed E-state index contributed by atoms with van der Waals surface area (Å²) in [5, 5.41) is 19.0. The third-order valence-electron chi connectivity index (χ3n) is 3.61. The van der Waals surface area contributed by atoms with Crippen LogP contribution in [-0.2, 0) is 12.0 Å². The molecular weight excluding hydrogens is 240 g/mol. The van der Waals surface area contributed by atoms with Gasteiger partial charge in [0.25, 0.3) is 0 Å². The average molecular weight is 264 g/mol. The zero-order valence-corrected chi connectivity index (χ0v) is 12.1.